The van der Waals surface area contributed by atoms with E-state index in [1.165, 1.54) is 7.11 Å². The average molecular weight is 253 g/mol. The van der Waals surface area contributed by atoms with Gasteiger partial charge in [0.2, 0.25) is 0 Å². The Hall–Kier alpha value is -1.69. The highest BCUT2D eigenvalue weighted by Crippen LogP contribution is 2.14. The number of carbonyl (C=O) groups is 1. The lowest BCUT2D eigenvalue weighted by molar-refractivity contribution is -0.138. The Morgan fingerprint density at radius 2 is 2.35 bits per heavy atom. The summed E-state index contributed by atoms with van der Waals surface area (Å²) < 4.78 is 4.64. The molecule has 0 saturated carbocycles. The van der Waals surface area contributed by atoms with Crippen molar-refractivity contribution in [3.8, 4) is 0 Å². The van der Waals surface area contributed by atoms with Crippen LogP contribution in [-0.4, -0.2) is 36.1 Å². The van der Waals surface area contributed by atoms with E-state index in [1.807, 2.05) is 11.8 Å². The Kier molecular flexibility index (Phi) is 4.84. The van der Waals surface area contributed by atoms with Gasteiger partial charge in [-0.15, -0.1) is 0 Å². The van der Waals surface area contributed by atoms with Crippen molar-refractivity contribution in [3.63, 3.8) is 0 Å². The lowest BCUT2D eigenvalue weighted by atomic mass is 10.3. The summed E-state index contributed by atoms with van der Waals surface area (Å²) in [6.07, 6.45) is 1.61. The highest BCUT2D eigenvalue weighted by molar-refractivity contribution is 7.80. The van der Waals surface area contributed by atoms with Crippen molar-refractivity contribution < 1.29 is 9.53 Å². The standard InChI is InChI=1S/C11H15N3O2S/c1-3-14(7-10(15)16-2)8-4-5-13-9(6-8)11(12)17/h4-6H,3,7H2,1-2H3,(H2,12,17). The summed E-state index contributed by atoms with van der Waals surface area (Å²) in [7, 11) is 1.36. The molecule has 0 aliphatic carbocycles. The fourth-order valence-corrected chi connectivity index (χ4v) is 1.47. The van der Waals surface area contributed by atoms with Crippen LogP contribution in [0.2, 0.25) is 0 Å². The van der Waals surface area contributed by atoms with Crippen molar-refractivity contribution in [2.45, 2.75) is 6.92 Å². The molecule has 0 bridgehead atoms. The van der Waals surface area contributed by atoms with Crippen LogP contribution in [0.5, 0.6) is 0 Å². The molecule has 6 heteroatoms. The van der Waals surface area contributed by atoms with Crippen LogP contribution in [-0.2, 0) is 9.53 Å². The van der Waals surface area contributed by atoms with E-state index >= 15 is 0 Å². The lowest BCUT2D eigenvalue weighted by Crippen LogP contribution is -2.30. The summed E-state index contributed by atoms with van der Waals surface area (Å²) >= 11 is 4.86. The van der Waals surface area contributed by atoms with E-state index in [0.717, 1.165) is 5.69 Å². The van der Waals surface area contributed by atoms with Gasteiger partial charge in [-0.1, -0.05) is 12.2 Å². The number of thiocarbonyl (C=S) groups is 1. The van der Waals surface area contributed by atoms with Crippen LogP contribution >= 0.6 is 12.2 Å². The number of methoxy groups -OCH3 is 1. The minimum atomic E-state index is -0.291. The normalized spacial score (nSPS) is 9.76. The minimum absolute atomic E-state index is 0.188. The summed E-state index contributed by atoms with van der Waals surface area (Å²) in [5.41, 5.74) is 6.90. The molecule has 0 aromatic carbocycles. The Morgan fingerprint density at radius 3 is 2.88 bits per heavy atom. The third-order valence-electron chi connectivity index (χ3n) is 2.29. The molecule has 0 aliphatic rings. The van der Waals surface area contributed by atoms with Crippen LogP contribution in [0, 0.1) is 0 Å². The molecule has 0 aliphatic heterocycles. The van der Waals surface area contributed by atoms with Crippen LogP contribution in [0.25, 0.3) is 0 Å². The smallest absolute Gasteiger partial charge is 0.325 e. The largest absolute Gasteiger partial charge is 0.468 e. The van der Waals surface area contributed by atoms with E-state index in [-0.39, 0.29) is 17.5 Å². The van der Waals surface area contributed by atoms with Gasteiger partial charge in [0.1, 0.15) is 11.5 Å². The number of nitrogens with zero attached hydrogens (tertiary/aromatic N) is 2. The van der Waals surface area contributed by atoms with Gasteiger partial charge in [-0.2, -0.15) is 0 Å². The average Bonchev–Trinajstić information content (AvgIpc) is 2.35. The van der Waals surface area contributed by atoms with E-state index in [9.17, 15) is 4.79 Å². The summed E-state index contributed by atoms with van der Waals surface area (Å²) in [6, 6.07) is 3.56. The monoisotopic (exact) mass is 253 g/mol. The summed E-state index contributed by atoms with van der Waals surface area (Å²) in [6.45, 7) is 2.81. The number of nitrogens with two attached hydrogens (primary N) is 1. The highest BCUT2D eigenvalue weighted by atomic mass is 32.1. The first-order valence-electron chi connectivity index (χ1n) is 5.16. The number of hydrogen-bond acceptors (Lipinski definition) is 5. The number of hydrogen-bond donors (Lipinski definition) is 1. The van der Waals surface area contributed by atoms with Crippen molar-refractivity contribution >= 4 is 28.9 Å². The van der Waals surface area contributed by atoms with Gasteiger partial charge in [0, 0.05) is 18.4 Å². The first-order chi connectivity index (χ1) is 8.08. The zero-order valence-corrected chi connectivity index (χ0v) is 10.7. The van der Waals surface area contributed by atoms with Gasteiger partial charge in [-0.25, -0.2) is 0 Å². The zero-order valence-electron chi connectivity index (χ0n) is 9.84. The minimum Gasteiger partial charge on any atom is -0.468 e. The first-order valence-corrected chi connectivity index (χ1v) is 5.57. The molecule has 0 spiro atoms. The van der Waals surface area contributed by atoms with Crippen LogP contribution < -0.4 is 10.6 Å². The maximum Gasteiger partial charge on any atom is 0.325 e. The lowest BCUT2D eigenvalue weighted by Gasteiger charge is -2.21. The number of rotatable bonds is 5. The van der Waals surface area contributed by atoms with E-state index in [4.69, 9.17) is 18.0 Å². The van der Waals surface area contributed by atoms with Crippen LogP contribution in [0.4, 0.5) is 5.69 Å². The molecule has 0 saturated heterocycles. The van der Waals surface area contributed by atoms with Gasteiger partial charge in [0.25, 0.3) is 0 Å². The molecule has 0 amide bonds. The molecular weight excluding hydrogens is 238 g/mol. The SMILES string of the molecule is CCN(CC(=O)OC)c1ccnc(C(N)=S)c1. The van der Waals surface area contributed by atoms with Crippen molar-refractivity contribution in [2.75, 3.05) is 25.1 Å². The fourth-order valence-electron chi connectivity index (χ4n) is 1.36. The number of likely N-dealkylation sites (N-methyl/N-ethyl adjacent to an activating group) is 1. The van der Waals surface area contributed by atoms with E-state index < -0.39 is 0 Å². The molecule has 92 valence electrons. The molecule has 0 unspecified atom stereocenters. The zero-order chi connectivity index (χ0) is 12.8. The Balaban J connectivity index is 2.91. The number of ether oxygens (including phenoxy) is 1. The van der Waals surface area contributed by atoms with E-state index in [0.29, 0.717) is 12.2 Å². The molecule has 5 nitrogen and oxygen atoms in total. The molecule has 0 radical (unpaired) electrons. The summed E-state index contributed by atoms with van der Waals surface area (Å²) in [4.78, 5) is 17.4. The molecule has 0 fully saturated rings. The van der Waals surface area contributed by atoms with Gasteiger partial charge in [-0.3, -0.25) is 9.78 Å². The second-order valence-electron chi connectivity index (χ2n) is 3.35. The Morgan fingerprint density at radius 1 is 1.65 bits per heavy atom. The second-order valence-corrected chi connectivity index (χ2v) is 3.79. The Bertz CT molecular complexity index is 423. The molecular formula is C11H15N3O2S. The van der Waals surface area contributed by atoms with Crippen LogP contribution in [0.3, 0.4) is 0 Å². The predicted molar refractivity (Wildman–Crippen MR) is 70.0 cm³/mol. The van der Waals surface area contributed by atoms with E-state index in [2.05, 4.69) is 9.72 Å². The molecule has 1 aromatic rings. The van der Waals surface area contributed by atoms with Gasteiger partial charge < -0.3 is 15.4 Å². The summed E-state index contributed by atoms with van der Waals surface area (Å²) in [5, 5.41) is 0. The van der Waals surface area contributed by atoms with Crippen molar-refractivity contribution in [1.29, 1.82) is 0 Å². The van der Waals surface area contributed by atoms with Gasteiger partial charge in [0.15, 0.2) is 0 Å². The van der Waals surface area contributed by atoms with Gasteiger partial charge in [0.05, 0.1) is 12.8 Å². The van der Waals surface area contributed by atoms with Crippen molar-refractivity contribution in [2.24, 2.45) is 5.73 Å². The molecule has 1 heterocycles. The molecule has 1 aromatic heterocycles. The quantitative estimate of drug-likeness (QED) is 0.616. The van der Waals surface area contributed by atoms with Crippen LogP contribution in [0.15, 0.2) is 18.3 Å². The number of carbonyl (C=O) groups excluding carboxylic acids is 1. The highest BCUT2D eigenvalue weighted by Gasteiger charge is 2.11. The van der Waals surface area contributed by atoms with E-state index in [1.54, 1.807) is 18.3 Å². The van der Waals surface area contributed by atoms with Gasteiger partial charge in [-0.05, 0) is 19.1 Å². The maximum absolute atomic E-state index is 11.2. The number of esters is 1. The Labute approximate surface area is 106 Å². The third-order valence-corrected chi connectivity index (χ3v) is 2.50. The molecule has 2 N–H and O–H groups in total. The second kappa shape index (κ2) is 6.15. The predicted octanol–water partition coefficient (Wildman–Crippen LogP) is 0.715. The van der Waals surface area contributed by atoms with Crippen LogP contribution in [0.1, 0.15) is 12.6 Å². The summed E-state index contributed by atoms with van der Waals surface area (Å²) in [5.74, 6) is -0.291. The number of pyridine rings is 1. The number of anilines is 1. The molecule has 1 rings (SSSR count). The van der Waals surface area contributed by atoms with Crippen molar-refractivity contribution in [1.82, 2.24) is 4.98 Å². The number of aromatic nitrogens is 1. The van der Waals surface area contributed by atoms with Gasteiger partial charge >= 0.3 is 5.97 Å². The molecule has 0 atom stereocenters. The topological polar surface area (TPSA) is 68.5 Å². The third kappa shape index (κ3) is 3.67. The van der Waals surface area contributed by atoms with Crippen molar-refractivity contribution in [3.05, 3.63) is 24.0 Å². The first kappa shape index (κ1) is 13.4. The maximum atomic E-state index is 11.2. The molecule has 17 heavy (non-hydrogen) atoms. The fraction of sp³-hybridized carbons (Fsp3) is 0.364.